The van der Waals surface area contributed by atoms with Crippen LogP contribution in [0, 0.1) is 63.2 Å². The first-order chi connectivity index (χ1) is 42.3. The van der Waals surface area contributed by atoms with E-state index in [1.165, 1.54) is 82.2 Å². The molecule has 444 valence electrons. The summed E-state index contributed by atoms with van der Waals surface area (Å²) in [5.74, 6) is 5.93. The Balaban J connectivity index is 0.00000680. The maximum absolute atomic E-state index is 7.34. The molecule has 0 radical (unpaired) electrons. The molecule has 5 nitrogen and oxygen atoms in total. The van der Waals surface area contributed by atoms with Gasteiger partial charge in [0.15, 0.2) is 0 Å². The Labute approximate surface area is 535 Å². The van der Waals surface area contributed by atoms with Gasteiger partial charge in [0.25, 0.3) is 0 Å². The summed E-state index contributed by atoms with van der Waals surface area (Å²) in [4.78, 5) is 10.0. The fourth-order valence-electron chi connectivity index (χ4n) is 16.5. The summed E-state index contributed by atoms with van der Waals surface area (Å²) < 4.78 is 9.69. The van der Waals surface area contributed by atoms with Crippen molar-refractivity contribution in [2.45, 2.75) is 118 Å². The zero-order valence-corrected chi connectivity index (χ0v) is 54.4. The van der Waals surface area contributed by atoms with E-state index in [9.17, 15) is 0 Å². The van der Waals surface area contributed by atoms with Crippen molar-refractivity contribution in [2.24, 2.45) is 23.7 Å². The predicted molar refractivity (Wildman–Crippen MR) is 361 cm³/mol. The number of benzene rings is 9. The van der Waals surface area contributed by atoms with E-state index >= 15 is 0 Å². The van der Waals surface area contributed by atoms with Gasteiger partial charge in [-0.1, -0.05) is 181 Å². The van der Waals surface area contributed by atoms with E-state index in [1.807, 2.05) is 0 Å². The van der Waals surface area contributed by atoms with Crippen LogP contribution in [0.4, 0.5) is 22.7 Å². The van der Waals surface area contributed by atoms with E-state index in [4.69, 9.17) is 9.72 Å². The number of hydrogen-bond donors (Lipinski definition) is 0. The van der Waals surface area contributed by atoms with Gasteiger partial charge in [0.2, 0.25) is 0 Å². The Morgan fingerprint density at radius 3 is 1.73 bits per heavy atom. The van der Waals surface area contributed by atoms with E-state index in [0.717, 1.165) is 90.0 Å². The first-order valence-electron chi connectivity index (χ1n) is 32.0. The summed E-state index contributed by atoms with van der Waals surface area (Å²) >= 11 is 0. The van der Waals surface area contributed by atoms with Gasteiger partial charge in [-0.2, -0.15) is 6.07 Å². The molecule has 5 aliphatic rings. The fourth-order valence-corrected chi connectivity index (χ4v) is 16.5. The van der Waals surface area contributed by atoms with Gasteiger partial charge in [-0.3, -0.25) is 0 Å². The average molecular weight is 1330 g/mol. The molecule has 1 aliphatic heterocycles. The molecule has 11 aromatic rings. The maximum atomic E-state index is 7.34. The van der Waals surface area contributed by atoms with Crippen LogP contribution in [0.3, 0.4) is 0 Å². The van der Waals surface area contributed by atoms with Gasteiger partial charge < -0.3 is 19.1 Å². The number of hydrogen-bond acceptors (Lipinski definition) is 4. The summed E-state index contributed by atoms with van der Waals surface area (Å²) in [5.41, 5.74) is 24.2. The molecule has 4 saturated carbocycles. The first-order valence-corrected chi connectivity index (χ1v) is 32.0. The van der Waals surface area contributed by atoms with Crippen LogP contribution < -0.4 is 14.5 Å². The zero-order valence-electron chi connectivity index (χ0n) is 52.1. The molecule has 0 saturated heterocycles. The molecular weight excluding hydrogens is 1250 g/mol. The van der Waals surface area contributed by atoms with E-state index in [2.05, 4.69) is 290 Å². The third-order valence-electron chi connectivity index (χ3n) is 20.6. The molecule has 6 heteroatoms. The van der Waals surface area contributed by atoms with Crippen molar-refractivity contribution >= 4 is 44.6 Å². The van der Waals surface area contributed by atoms with Crippen LogP contribution >= 0.6 is 0 Å². The van der Waals surface area contributed by atoms with Crippen LogP contribution in [0.25, 0.3) is 61.0 Å². The molecule has 0 N–H and O–H groups in total. The number of aromatic nitrogens is 2. The van der Waals surface area contributed by atoms with Gasteiger partial charge in [0.05, 0.1) is 0 Å². The average Bonchev–Trinajstić information content (AvgIpc) is 0.901. The Morgan fingerprint density at radius 1 is 0.523 bits per heavy atom. The molecule has 0 unspecified atom stereocenters. The van der Waals surface area contributed by atoms with Gasteiger partial charge in [0.1, 0.15) is 5.82 Å². The minimum Gasteiger partial charge on any atom is -0.509 e. The Hall–Kier alpha value is -7.98. The number of pyridine rings is 1. The summed E-state index contributed by atoms with van der Waals surface area (Å²) in [6.07, 6.45) is 8.72. The minimum absolute atomic E-state index is 0. The Kier molecular flexibility index (Phi) is 15.0. The van der Waals surface area contributed by atoms with E-state index < -0.39 is 0 Å². The van der Waals surface area contributed by atoms with Gasteiger partial charge in [-0.25, -0.2) is 4.98 Å². The molecule has 16 rings (SSSR count). The summed E-state index contributed by atoms with van der Waals surface area (Å²) in [7, 11) is 0. The molecule has 0 atom stereocenters. The van der Waals surface area contributed by atoms with Crippen molar-refractivity contribution in [1.29, 1.82) is 0 Å². The quantitative estimate of drug-likeness (QED) is 0.108. The third kappa shape index (κ3) is 9.65. The summed E-state index contributed by atoms with van der Waals surface area (Å²) in [6.45, 7) is 23.1. The molecule has 0 amide bonds. The molecular formula is C82H77N4OPt-3. The van der Waals surface area contributed by atoms with E-state index in [-0.39, 0.29) is 38.3 Å². The second-order valence-corrected chi connectivity index (χ2v) is 26.8. The number of anilines is 4. The Morgan fingerprint density at radius 2 is 1.11 bits per heavy atom. The maximum Gasteiger partial charge on any atom is 0.135 e. The number of para-hydroxylation sites is 4. The van der Waals surface area contributed by atoms with Gasteiger partial charge in [-0.15, -0.1) is 53.6 Å². The zero-order chi connectivity index (χ0) is 59.4. The van der Waals surface area contributed by atoms with Crippen molar-refractivity contribution in [3.8, 4) is 50.7 Å². The normalized spacial score (nSPS) is 19.4. The molecule has 4 bridgehead atoms. The van der Waals surface area contributed by atoms with Gasteiger partial charge in [-0.05, 0) is 191 Å². The topological polar surface area (TPSA) is 33.5 Å². The smallest absolute Gasteiger partial charge is 0.135 e. The van der Waals surface area contributed by atoms with E-state index in [0.29, 0.717) is 29.3 Å². The summed E-state index contributed by atoms with van der Waals surface area (Å²) in [6, 6.07) is 77.3. The van der Waals surface area contributed by atoms with E-state index in [1.54, 1.807) is 0 Å². The molecule has 88 heavy (non-hydrogen) atoms. The molecule has 4 aliphatic carbocycles. The number of aryl methyl sites for hydroxylation is 2. The van der Waals surface area contributed by atoms with Crippen LogP contribution in [0.1, 0.15) is 136 Å². The van der Waals surface area contributed by atoms with Crippen molar-refractivity contribution in [3.05, 3.63) is 258 Å². The van der Waals surface area contributed by atoms with Crippen molar-refractivity contribution in [1.82, 2.24) is 9.55 Å². The minimum atomic E-state index is -0.0800. The van der Waals surface area contributed by atoms with Crippen LogP contribution in [0.5, 0.6) is 11.5 Å². The SMILES string of the molecule is Cc1cc(C2(c3ccnc(-n4c5[c-]c(Oc6[c-]c(N7[CH-]N(c8c(-c9ccccc9)cccc8-c8ccccc8)c8ccccc87)cc(-c7c(C(C)C)cc(C(C)C)cc7C(C)C)c6)ccc5c5ccccc54)c3)C3CC4CC(C3)CC2C4)cc(C)c1C.[Pt]. The second-order valence-electron chi connectivity index (χ2n) is 26.8. The second kappa shape index (κ2) is 22.9. The predicted octanol–water partition coefficient (Wildman–Crippen LogP) is 22.0. The van der Waals surface area contributed by atoms with Crippen LogP contribution in [-0.4, -0.2) is 9.55 Å². The fraction of sp³-hybridized carbons (Fsp3) is 0.268. The molecule has 0 spiro atoms. The van der Waals surface area contributed by atoms with Crippen molar-refractivity contribution in [2.75, 3.05) is 9.80 Å². The van der Waals surface area contributed by atoms with Crippen LogP contribution in [0.2, 0.25) is 0 Å². The van der Waals surface area contributed by atoms with Gasteiger partial charge >= 0.3 is 0 Å². The molecule has 9 aromatic carbocycles. The number of nitrogens with zero attached hydrogens (tertiary/aromatic N) is 4. The third-order valence-corrected chi connectivity index (χ3v) is 20.6. The number of ether oxygens (including phenoxy) is 1. The monoisotopic (exact) mass is 1330 g/mol. The van der Waals surface area contributed by atoms with Crippen LogP contribution in [0.15, 0.2) is 194 Å². The summed E-state index contributed by atoms with van der Waals surface area (Å²) in [5, 5.41) is 2.27. The van der Waals surface area contributed by atoms with Crippen molar-refractivity contribution in [3.63, 3.8) is 0 Å². The van der Waals surface area contributed by atoms with Crippen LogP contribution in [-0.2, 0) is 26.5 Å². The molecule has 2 aromatic heterocycles. The number of rotatable bonds is 13. The van der Waals surface area contributed by atoms with Gasteiger partial charge in [0, 0.05) is 77.9 Å². The Bertz CT molecular complexity index is 4320. The molecule has 4 fully saturated rings. The number of fused-ring (bicyclic) bond motifs is 4. The molecule has 3 heterocycles. The largest absolute Gasteiger partial charge is 0.509 e. The van der Waals surface area contributed by atoms with Crippen molar-refractivity contribution < 1.29 is 25.8 Å². The standard InChI is InChI=1S/C82H77N4O.Pt/c1-50(2)60-44-73(51(3)4)80(74(45-60)52(5)6)61-42-66(84-49-85(77-30-19-18-29-76(77)84)81-69(58-21-12-10-13-22-58)26-20-27-70(81)59-23-14-11-15-24-59)47-68(43-61)87-67-31-32-72-71-25-16-17-28-75(71)86(78(72)48-67)79-46-62(33-34-83-79)82(63-35-53(7)55(9)54(8)36-63)64-38-56-37-57(40-64)41-65(82)39-56;/h10-36,42-46,49-52,56-57,64-65H,37-41H2,1-9H3;/q-3;. The first kappa shape index (κ1) is 57.7.